The first-order chi connectivity index (χ1) is 14.9. The van der Waals surface area contributed by atoms with Crippen LogP contribution in [0.2, 0.25) is 0 Å². The van der Waals surface area contributed by atoms with Gasteiger partial charge in [-0.1, -0.05) is 0 Å². The Bertz CT molecular complexity index is 1360. The molecule has 1 aliphatic rings. The van der Waals surface area contributed by atoms with Gasteiger partial charge in [-0.15, -0.1) is 11.3 Å². The summed E-state index contributed by atoms with van der Waals surface area (Å²) in [6.07, 6.45) is 13.2. The first-order valence-electron chi connectivity index (χ1n) is 9.97. The van der Waals surface area contributed by atoms with E-state index in [1.165, 1.54) is 23.3 Å². The predicted molar refractivity (Wildman–Crippen MR) is 115 cm³/mol. The second-order valence-electron chi connectivity index (χ2n) is 7.27. The Kier molecular flexibility index (Phi) is 4.12. The van der Waals surface area contributed by atoms with Gasteiger partial charge >= 0.3 is 0 Å². The number of nitrogens with zero attached hydrogens (tertiary/aromatic N) is 7. The maximum absolute atomic E-state index is 4.87. The molecule has 9 heteroatoms. The number of fused-ring (bicyclic) bond motifs is 4. The van der Waals surface area contributed by atoms with Crippen molar-refractivity contribution in [2.75, 3.05) is 5.32 Å². The minimum absolute atomic E-state index is 0.581. The number of hydrogen-bond acceptors (Lipinski definition) is 8. The van der Waals surface area contributed by atoms with Gasteiger partial charge in [0.05, 0.1) is 30.0 Å². The van der Waals surface area contributed by atoms with Gasteiger partial charge in [0, 0.05) is 29.5 Å². The van der Waals surface area contributed by atoms with Crippen LogP contribution in [-0.4, -0.2) is 34.5 Å². The van der Waals surface area contributed by atoms with Crippen molar-refractivity contribution in [2.24, 2.45) is 0 Å². The van der Waals surface area contributed by atoms with Crippen LogP contribution in [0.3, 0.4) is 0 Å². The van der Waals surface area contributed by atoms with Gasteiger partial charge in [-0.25, -0.2) is 24.5 Å². The van der Waals surface area contributed by atoms with Crippen LogP contribution >= 0.6 is 11.3 Å². The lowest BCUT2D eigenvalue weighted by atomic mass is 9.97. The summed E-state index contributed by atoms with van der Waals surface area (Å²) in [5, 5.41) is 9.08. The molecule has 0 saturated carbocycles. The lowest BCUT2D eigenvalue weighted by molar-refractivity contribution is 0.700. The fraction of sp³-hybridized carbons (Fsp3) is 0.238. The quantitative estimate of drug-likeness (QED) is 0.479. The summed E-state index contributed by atoms with van der Waals surface area (Å²) in [5.74, 6) is 1.44. The third-order valence-electron chi connectivity index (χ3n) is 5.41. The molecule has 30 heavy (non-hydrogen) atoms. The minimum Gasteiger partial charge on any atom is -0.364 e. The fourth-order valence-electron chi connectivity index (χ4n) is 4.01. The van der Waals surface area contributed by atoms with E-state index in [4.69, 9.17) is 9.97 Å². The molecule has 5 aromatic rings. The number of hydrogen-bond donors (Lipinski definition) is 1. The van der Waals surface area contributed by atoms with Crippen LogP contribution in [0.1, 0.15) is 29.0 Å². The highest BCUT2D eigenvalue weighted by atomic mass is 32.1. The van der Waals surface area contributed by atoms with E-state index in [-0.39, 0.29) is 0 Å². The molecule has 1 N–H and O–H groups in total. The Morgan fingerprint density at radius 1 is 1.00 bits per heavy atom. The molecule has 0 fully saturated rings. The van der Waals surface area contributed by atoms with E-state index in [0.717, 1.165) is 40.2 Å². The van der Waals surface area contributed by atoms with Crippen molar-refractivity contribution in [2.45, 2.75) is 32.2 Å². The molecule has 0 spiro atoms. The van der Waals surface area contributed by atoms with Gasteiger partial charge < -0.3 is 5.32 Å². The number of thiophene rings is 1. The third-order valence-corrected chi connectivity index (χ3v) is 6.60. The highest BCUT2D eigenvalue weighted by molar-refractivity contribution is 7.19. The van der Waals surface area contributed by atoms with Crippen LogP contribution in [0, 0.1) is 0 Å². The molecule has 0 radical (unpaired) electrons. The van der Waals surface area contributed by atoms with E-state index in [2.05, 4.69) is 25.4 Å². The topological polar surface area (TPSA) is 93.8 Å². The van der Waals surface area contributed by atoms with Gasteiger partial charge in [0.15, 0.2) is 11.5 Å². The second-order valence-corrected chi connectivity index (χ2v) is 8.35. The van der Waals surface area contributed by atoms with E-state index in [1.54, 1.807) is 42.3 Å². The minimum atomic E-state index is 0.581. The number of aryl methyl sites for hydroxylation is 2. The van der Waals surface area contributed by atoms with Gasteiger partial charge in [0.1, 0.15) is 16.3 Å². The van der Waals surface area contributed by atoms with Crippen LogP contribution < -0.4 is 5.32 Å². The van der Waals surface area contributed by atoms with Crippen LogP contribution in [0.25, 0.3) is 27.4 Å². The van der Waals surface area contributed by atoms with Gasteiger partial charge in [0.25, 0.3) is 0 Å². The summed E-state index contributed by atoms with van der Waals surface area (Å²) in [5.41, 5.74) is 3.91. The molecule has 5 heterocycles. The van der Waals surface area contributed by atoms with Gasteiger partial charge in [0.2, 0.25) is 0 Å². The molecular formula is C21H18N8S. The van der Waals surface area contributed by atoms with Crippen LogP contribution in [0.5, 0.6) is 0 Å². The molecule has 0 unspecified atom stereocenters. The zero-order valence-electron chi connectivity index (χ0n) is 16.1. The van der Waals surface area contributed by atoms with Crippen molar-refractivity contribution in [3.8, 4) is 11.5 Å². The molecule has 5 aromatic heterocycles. The SMILES string of the molecule is c1cnc(-c2nc(NCc3ccnc4ccnn34)c3c4c(sc3n2)CCCC4)cn1. The summed E-state index contributed by atoms with van der Waals surface area (Å²) >= 11 is 1.78. The Labute approximate surface area is 176 Å². The standard InChI is InChI=1S/C21H18N8S/c1-2-4-16-14(3-1)18-20(25-11-13-5-7-24-17-6-8-26-29(13)17)27-19(28-21(18)30-16)15-12-22-9-10-23-15/h5-10,12H,1-4,11H2,(H,25,27,28). The van der Waals surface area contributed by atoms with E-state index in [9.17, 15) is 0 Å². The zero-order valence-corrected chi connectivity index (χ0v) is 16.9. The van der Waals surface area contributed by atoms with Crippen molar-refractivity contribution in [1.82, 2.24) is 34.5 Å². The molecule has 6 rings (SSSR count). The molecule has 0 aliphatic heterocycles. The molecule has 0 saturated heterocycles. The fourth-order valence-corrected chi connectivity index (χ4v) is 5.27. The molecule has 0 aromatic carbocycles. The van der Waals surface area contributed by atoms with E-state index in [0.29, 0.717) is 18.1 Å². The average Bonchev–Trinajstić information content (AvgIpc) is 3.42. The lowest BCUT2D eigenvalue weighted by Gasteiger charge is -2.13. The Morgan fingerprint density at radius 3 is 2.90 bits per heavy atom. The van der Waals surface area contributed by atoms with Crippen molar-refractivity contribution < 1.29 is 0 Å². The monoisotopic (exact) mass is 414 g/mol. The van der Waals surface area contributed by atoms with Crippen molar-refractivity contribution in [3.63, 3.8) is 0 Å². The molecular weight excluding hydrogens is 396 g/mol. The lowest BCUT2D eigenvalue weighted by Crippen LogP contribution is -2.09. The average molecular weight is 414 g/mol. The molecule has 148 valence electrons. The van der Waals surface area contributed by atoms with Gasteiger partial charge in [-0.2, -0.15) is 5.10 Å². The smallest absolute Gasteiger partial charge is 0.183 e. The van der Waals surface area contributed by atoms with E-state index < -0.39 is 0 Å². The maximum Gasteiger partial charge on any atom is 0.183 e. The second kappa shape index (κ2) is 7.10. The summed E-state index contributed by atoms with van der Waals surface area (Å²) in [7, 11) is 0. The normalized spacial score (nSPS) is 13.6. The predicted octanol–water partition coefficient (Wildman–Crippen LogP) is 3.68. The van der Waals surface area contributed by atoms with E-state index in [1.807, 2.05) is 16.6 Å². The molecule has 0 atom stereocenters. The summed E-state index contributed by atoms with van der Waals surface area (Å²) in [4.78, 5) is 25.1. The first-order valence-corrected chi connectivity index (χ1v) is 10.8. The van der Waals surface area contributed by atoms with Crippen molar-refractivity contribution in [3.05, 3.63) is 59.3 Å². The Hall–Kier alpha value is -3.46. The van der Waals surface area contributed by atoms with Crippen LogP contribution in [0.4, 0.5) is 5.82 Å². The number of anilines is 1. The van der Waals surface area contributed by atoms with Crippen molar-refractivity contribution in [1.29, 1.82) is 0 Å². The number of aromatic nitrogens is 7. The highest BCUT2D eigenvalue weighted by Crippen LogP contribution is 2.39. The Morgan fingerprint density at radius 2 is 1.97 bits per heavy atom. The summed E-state index contributed by atoms with van der Waals surface area (Å²) in [6.45, 7) is 0.581. The molecule has 0 bridgehead atoms. The van der Waals surface area contributed by atoms with Crippen LogP contribution in [-0.2, 0) is 19.4 Å². The van der Waals surface area contributed by atoms with E-state index >= 15 is 0 Å². The van der Waals surface area contributed by atoms with Gasteiger partial charge in [-0.05, 0) is 37.3 Å². The molecule has 8 nitrogen and oxygen atoms in total. The summed E-state index contributed by atoms with van der Waals surface area (Å²) in [6, 6.07) is 3.87. The Balaban J connectivity index is 1.47. The first kappa shape index (κ1) is 17.4. The molecule has 1 aliphatic carbocycles. The number of nitrogens with one attached hydrogen (secondary N) is 1. The third kappa shape index (κ3) is 2.89. The number of rotatable bonds is 4. The zero-order chi connectivity index (χ0) is 19.9. The highest BCUT2D eigenvalue weighted by Gasteiger charge is 2.22. The van der Waals surface area contributed by atoms with Crippen molar-refractivity contribution >= 4 is 33.0 Å². The molecule has 0 amide bonds. The van der Waals surface area contributed by atoms with Gasteiger partial charge in [-0.3, -0.25) is 4.98 Å². The maximum atomic E-state index is 4.87. The summed E-state index contributed by atoms with van der Waals surface area (Å²) < 4.78 is 1.85. The largest absolute Gasteiger partial charge is 0.364 e. The van der Waals surface area contributed by atoms with Crippen LogP contribution in [0.15, 0.2) is 43.1 Å².